The second-order valence-electron chi connectivity index (χ2n) is 5.40. The molecule has 0 fully saturated rings. The molecule has 0 radical (unpaired) electrons. The summed E-state index contributed by atoms with van der Waals surface area (Å²) in [4.78, 5) is 34.2. The minimum Gasteiger partial charge on any atom is -0.479 e. The van der Waals surface area contributed by atoms with Gasteiger partial charge < -0.3 is 21.5 Å². The number of nitrogens with two attached hydrogens (primary N) is 1. The van der Waals surface area contributed by atoms with E-state index in [0.29, 0.717) is 17.7 Å². The molecule has 7 heteroatoms. The first-order valence-electron chi connectivity index (χ1n) is 7.69. The fourth-order valence-corrected chi connectivity index (χ4v) is 2.11. The Labute approximate surface area is 144 Å². The number of carboxylic acid groups (broad SMARTS) is 1. The SMILES string of the molecule is NC(NC(=O)CCc1ccc(NC(=O)c2ccccc2)cc1)C(=O)O. The van der Waals surface area contributed by atoms with Gasteiger partial charge in [0.15, 0.2) is 6.17 Å². The van der Waals surface area contributed by atoms with Crippen LogP contribution in [-0.4, -0.2) is 29.1 Å². The van der Waals surface area contributed by atoms with Gasteiger partial charge in [-0.1, -0.05) is 30.3 Å². The third kappa shape index (κ3) is 5.74. The maximum Gasteiger partial charge on any atom is 0.341 e. The van der Waals surface area contributed by atoms with Crippen LogP contribution in [0.5, 0.6) is 0 Å². The van der Waals surface area contributed by atoms with Gasteiger partial charge in [-0.15, -0.1) is 0 Å². The molecule has 130 valence electrons. The van der Waals surface area contributed by atoms with E-state index in [-0.39, 0.29) is 12.3 Å². The molecule has 1 atom stereocenters. The Balaban J connectivity index is 1.84. The Kier molecular flexibility index (Phi) is 6.25. The lowest BCUT2D eigenvalue weighted by atomic mass is 10.1. The molecule has 0 spiro atoms. The van der Waals surface area contributed by atoms with Crippen LogP contribution in [0, 0.1) is 0 Å². The summed E-state index contributed by atoms with van der Waals surface area (Å²) in [5.41, 5.74) is 7.33. The molecule has 2 aromatic rings. The summed E-state index contributed by atoms with van der Waals surface area (Å²) in [5, 5.41) is 13.6. The zero-order chi connectivity index (χ0) is 18.2. The number of anilines is 1. The van der Waals surface area contributed by atoms with Gasteiger partial charge in [0, 0.05) is 17.7 Å². The molecular formula is C18H19N3O4. The summed E-state index contributed by atoms with van der Waals surface area (Å²) in [6, 6.07) is 16.0. The highest BCUT2D eigenvalue weighted by Gasteiger charge is 2.14. The van der Waals surface area contributed by atoms with Gasteiger partial charge in [-0.05, 0) is 36.2 Å². The van der Waals surface area contributed by atoms with E-state index in [4.69, 9.17) is 10.8 Å². The van der Waals surface area contributed by atoms with Gasteiger partial charge in [0.2, 0.25) is 5.91 Å². The Morgan fingerprint density at radius 3 is 2.24 bits per heavy atom. The van der Waals surface area contributed by atoms with Crippen molar-refractivity contribution in [2.24, 2.45) is 5.73 Å². The molecule has 0 aliphatic rings. The quantitative estimate of drug-likeness (QED) is 0.567. The van der Waals surface area contributed by atoms with Crippen LogP contribution in [0.25, 0.3) is 0 Å². The summed E-state index contributed by atoms with van der Waals surface area (Å²) in [5.74, 6) is -1.92. The molecule has 25 heavy (non-hydrogen) atoms. The molecule has 2 amide bonds. The minimum absolute atomic E-state index is 0.122. The van der Waals surface area contributed by atoms with Crippen LogP contribution in [0.1, 0.15) is 22.3 Å². The van der Waals surface area contributed by atoms with Gasteiger partial charge in [0.1, 0.15) is 0 Å². The summed E-state index contributed by atoms with van der Waals surface area (Å²) in [6.07, 6.45) is -0.843. The van der Waals surface area contributed by atoms with E-state index in [1.807, 2.05) is 6.07 Å². The maximum atomic E-state index is 12.0. The number of hydrogen-bond acceptors (Lipinski definition) is 4. The number of aliphatic carboxylic acids is 1. The predicted molar refractivity (Wildman–Crippen MR) is 92.9 cm³/mol. The number of carboxylic acids is 1. The highest BCUT2D eigenvalue weighted by atomic mass is 16.4. The van der Waals surface area contributed by atoms with Crippen molar-refractivity contribution in [1.29, 1.82) is 0 Å². The highest BCUT2D eigenvalue weighted by Crippen LogP contribution is 2.12. The number of aryl methyl sites for hydroxylation is 1. The lowest BCUT2D eigenvalue weighted by molar-refractivity contribution is -0.141. The third-order valence-corrected chi connectivity index (χ3v) is 3.47. The number of carbonyl (C=O) groups excluding carboxylic acids is 2. The molecule has 0 saturated carbocycles. The molecule has 1 unspecified atom stereocenters. The van der Waals surface area contributed by atoms with Gasteiger partial charge in [-0.3, -0.25) is 9.59 Å². The maximum absolute atomic E-state index is 12.0. The van der Waals surface area contributed by atoms with E-state index in [1.54, 1.807) is 48.5 Å². The Morgan fingerprint density at radius 2 is 1.64 bits per heavy atom. The lowest BCUT2D eigenvalue weighted by Gasteiger charge is -2.09. The van der Waals surface area contributed by atoms with Gasteiger partial charge >= 0.3 is 5.97 Å². The van der Waals surface area contributed by atoms with Crippen LogP contribution < -0.4 is 16.4 Å². The van der Waals surface area contributed by atoms with Crippen molar-refractivity contribution in [3.63, 3.8) is 0 Å². The van der Waals surface area contributed by atoms with Crippen molar-refractivity contribution in [2.45, 2.75) is 19.0 Å². The number of amides is 2. The first kappa shape index (κ1) is 18.2. The monoisotopic (exact) mass is 341 g/mol. The van der Waals surface area contributed by atoms with Gasteiger partial charge in [-0.2, -0.15) is 0 Å². The fraction of sp³-hybridized carbons (Fsp3) is 0.167. The van der Waals surface area contributed by atoms with E-state index in [9.17, 15) is 14.4 Å². The second kappa shape index (κ2) is 8.60. The van der Waals surface area contributed by atoms with Crippen molar-refractivity contribution >= 4 is 23.5 Å². The van der Waals surface area contributed by atoms with Gasteiger partial charge in [0.25, 0.3) is 5.91 Å². The average Bonchev–Trinajstić information content (AvgIpc) is 2.61. The topological polar surface area (TPSA) is 122 Å². The number of benzene rings is 2. The number of carbonyl (C=O) groups is 3. The van der Waals surface area contributed by atoms with E-state index < -0.39 is 18.0 Å². The molecule has 0 saturated heterocycles. The van der Waals surface area contributed by atoms with Gasteiger partial charge in [-0.25, -0.2) is 4.79 Å². The van der Waals surface area contributed by atoms with Crippen LogP contribution >= 0.6 is 0 Å². The van der Waals surface area contributed by atoms with E-state index in [0.717, 1.165) is 5.56 Å². The Morgan fingerprint density at radius 1 is 1.00 bits per heavy atom. The van der Waals surface area contributed by atoms with Crippen LogP contribution in [0.2, 0.25) is 0 Å². The molecule has 7 nitrogen and oxygen atoms in total. The Bertz CT molecular complexity index is 745. The van der Waals surface area contributed by atoms with Crippen molar-refractivity contribution < 1.29 is 19.5 Å². The minimum atomic E-state index is -1.40. The van der Waals surface area contributed by atoms with Crippen molar-refractivity contribution in [3.8, 4) is 0 Å². The van der Waals surface area contributed by atoms with Crippen LogP contribution in [0.4, 0.5) is 5.69 Å². The van der Waals surface area contributed by atoms with Crippen LogP contribution in [0.15, 0.2) is 54.6 Å². The summed E-state index contributed by atoms with van der Waals surface area (Å²) >= 11 is 0. The molecule has 0 aliphatic carbocycles. The summed E-state index contributed by atoms with van der Waals surface area (Å²) in [6.45, 7) is 0. The van der Waals surface area contributed by atoms with Crippen molar-refractivity contribution in [2.75, 3.05) is 5.32 Å². The lowest BCUT2D eigenvalue weighted by Crippen LogP contribution is -2.47. The number of hydrogen-bond donors (Lipinski definition) is 4. The third-order valence-electron chi connectivity index (χ3n) is 3.47. The summed E-state index contributed by atoms with van der Waals surface area (Å²) in [7, 11) is 0. The smallest absolute Gasteiger partial charge is 0.341 e. The van der Waals surface area contributed by atoms with Crippen molar-refractivity contribution in [3.05, 3.63) is 65.7 Å². The normalized spacial score (nSPS) is 11.4. The molecule has 2 rings (SSSR count). The highest BCUT2D eigenvalue weighted by molar-refractivity contribution is 6.04. The first-order valence-corrected chi connectivity index (χ1v) is 7.69. The molecule has 0 aliphatic heterocycles. The molecule has 0 bridgehead atoms. The number of rotatable bonds is 7. The van der Waals surface area contributed by atoms with Crippen LogP contribution in [-0.2, 0) is 16.0 Å². The zero-order valence-corrected chi connectivity index (χ0v) is 13.4. The van der Waals surface area contributed by atoms with Crippen LogP contribution in [0.3, 0.4) is 0 Å². The van der Waals surface area contributed by atoms with Gasteiger partial charge in [0.05, 0.1) is 0 Å². The largest absolute Gasteiger partial charge is 0.479 e. The molecule has 0 heterocycles. The Hall–Kier alpha value is -3.19. The molecule has 2 aromatic carbocycles. The first-order chi connectivity index (χ1) is 12.0. The van der Waals surface area contributed by atoms with Crippen molar-refractivity contribution in [1.82, 2.24) is 5.32 Å². The summed E-state index contributed by atoms with van der Waals surface area (Å²) < 4.78 is 0. The average molecular weight is 341 g/mol. The molecular weight excluding hydrogens is 322 g/mol. The standard InChI is InChI=1S/C18H19N3O4/c19-16(18(24)25)21-15(22)11-8-12-6-9-14(10-7-12)20-17(23)13-4-2-1-3-5-13/h1-7,9-10,16H,8,11,19H2,(H,20,23)(H,21,22)(H,24,25). The number of nitrogens with one attached hydrogen (secondary N) is 2. The zero-order valence-electron chi connectivity index (χ0n) is 13.4. The van der Waals surface area contributed by atoms with E-state index in [2.05, 4.69) is 10.6 Å². The fourth-order valence-electron chi connectivity index (χ4n) is 2.11. The predicted octanol–water partition coefficient (Wildman–Crippen LogP) is 1.36. The van der Waals surface area contributed by atoms with E-state index in [1.165, 1.54) is 0 Å². The molecule has 0 aromatic heterocycles. The second-order valence-corrected chi connectivity index (χ2v) is 5.40. The van der Waals surface area contributed by atoms with E-state index >= 15 is 0 Å². The molecule has 5 N–H and O–H groups in total.